The summed E-state index contributed by atoms with van der Waals surface area (Å²) in [7, 11) is 0. The molecule has 0 aliphatic rings. The molecule has 11 aromatic carbocycles. The smallest absolute Gasteiger partial charge is 0.135 e. The van der Waals surface area contributed by atoms with Crippen LogP contribution in [0.3, 0.4) is 0 Å². The molecular weight excluding hydrogens is 837 g/mol. The minimum Gasteiger partial charge on any atom is -0.456 e. The van der Waals surface area contributed by atoms with E-state index in [0.717, 1.165) is 100 Å². The van der Waals surface area contributed by atoms with E-state index in [9.17, 15) is 0 Å². The highest BCUT2D eigenvalue weighted by Crippen LogP contribution is 2.49. The number of rotatable bonds is 9. The number of nitrogens with zero attached hydrogens (tertiary/aromatic N) is 2. The number of hydrogen-bond donors (Lipinski definition) is 0. The van der Waals surface area contributed by atoms with E-state index in [4.69, 9.17) is 4.42 Å². The minimum atomic E-state index is 0.891. The van der Waals surface area contributed by atoms with Gasteiger partial charge in [0.15, 0.2) is 0 Å². The van der Waals surface area contributed by atoms with Crippen LogP contribution in [0.15, 0.2) is 271 Å². The average Bonchev–Trinajstić information content (AvgIpc) is 3.98. The largest absolute Gasteiger partial charge is 0.456 e. The molecule has 0 atom stereocenters. The van der Waals surface area contributed by atoms with Crippen LogP contribution < -0.4 is 4.90 Å². The molecule has 69 heavy (non-hydrogen) atoms. The summed E-state index contributed by atoms with van der Waals surface area (Å²) in [5, 5.41) is 4.61. The Labute approximate surface area is 401 Å². The summed E-state index contributed by atoms with van der Waals surface area (Å²) in [6, 6.07) is 96.4. The number of benzene rings is 11. The van der Waals surface area contributed by atoms with Gasteiger partial charge >= 0.3 is 0 Å². The highest BCUT2D eigenvalue weighted by Gasteiger charge is 2.25. The van der Waals surface area contributed by atoms with Crippen LogP contribution in [0.4, 0.5) is 17.1 Å². The zero-order valence-corrected chi connectivity index (χ0v) is 37.7. The third kappa shape index (κ3) is 6.99. The molecule has 0 saturated carbocycles. The van der Waals surface area contributed by atoms with Crippen molar-refractivity contribution in [3.8, 4) is 61.3 Å². The van der Waals surface area contributed by atoms with Gasteiger partial charge in [0.05, 0.1) is 22.4 Å². The highest BCUT2D eigenvalue weighted by atomic mass is 16.3. The standard InChI is InChI=1S/C66H44N2O/c1-5-20-45(21-6-1)54-39-38-51(44-57(54)46-22-7-2-8-23-46)68(63-34-19-33-62-66(63)56-31-15-17-32-60(56)67(62)50-26-11-4-12-27-50)61-40-36-48(42-58(61)47-24-9-3-10-25-47)52-28-13-14-29-53(52)49-37-41-65-59(43-49)55-30-16-18-35-64(55)69-65/h1-44H. The molecular formula is C66H44N2O. The Hall–Kier alpha value is -9.18. The lowest BCUT2D eigenvalue weighted by atomic mass is 9.90. The molecule has 0 aliphatic heterocycles. The Morgan fingerprint density at radius 3 is 1.55 bits per heavy atom. The third-order valence-electron chi connectivity index (χ3n) is 13.6. The molecule has 3 heteroatoms. The molecule has 2 heterocycles. The second-order valence-electron chi connectivity index (χ2n) is 17.6. The Balaban J connectivity index is 1.08. The summed E-state index contributed by atoms with van der Waals surface area (Å²) in [5.41, 5.74) is 20.0. The average molecular weight is 881 g/mol. The maximum Gasteiger partial charge on any atom is 0.135 e. The summed E-state index contributed by atoms with van der Waals surface area (Å²) in [5.74, 6) is 0. The van der Waals surface area contributed by atoms with E-state index in [1.54, 1.807) is 0 Å². The van der Waals surface area contributed by atoms with Gasteiger partial charge in [0, 0.05) is 38.5 Å². The first-order chi connectivity index (χ1) is 34.2. The fourth-order valence-corrected chi connectivity index (χ4v) is 10.5. The van der Waals surface area contributed by atoms with Crippen LogP contribution in [-0.2, 0) is 0 Å². The number of hydrogen-bond acceptors (Lipinski definition) is 2. The predicted molar refractivity (Wildman–Crippen MR) is 290 cm³/mol. The number of furan rings is 1. The first-order valence-corrected chi connectivity index (χ1v) is 23.6. The van der Waals surface area contributed by atoms with Crippen molar-refractivity contribution in [3.05, 3.63) is 267 Å². The van der Waals surface area contributed by atoms with Gasteiger partial charge in [0.1, 0.15) is 11.2 Å². The Bertz CT molecular complexity index is 4000. The molecule has 0 spiro atoms. The van der Waals surface area contributed by atoms with Crippen molar-refractivity contribution in [2.75, 3.05) is 4.90 Å². The number of anilines is 3. The normalized spacial score (nSPS) is 11.5. The van der Waals surface area contributed by atoms with E-state index in [0.29, 0.717) is 0 Å². The SMILES string of the molecule is c1ccc(-c2ccc(N(c3ccc(-c4ccccc4-c4ccc5oc6ccccc6c5c4)cc3-c3ccccc3)c3cccc4c3c3ccccc3n4-c3ccccc3)cc2-c2ccccc2)cc1. The molecule has 0 unspecified atom stereocenters. The summed E-state index contributed by atoms with van der Waals surface area (Å²) in [6.45, 7) is 0. The first kappa shape index (κ1) is 40.1. The zero-order valence-electron chi connectivity index (χ0n) is 37.7. The van der Waals surface area contributed by atoms with Crippen molar-refractivity contribution in [2.45, 2.75) is 0 Å². The molecule has 0 aliphatic carbocycles. The molecule has 0 fully saturated rings. The Morgan fingerprint density at radius 1 is 0.290 bits per heavy atom. The summed E-state index contributed by atoms with van der Waals surface area (Å²) in [6.07, 6.45) is 0. The van der Waals surface area contributed by atoms with Crippen molar-refractivity contribution >= 4 is 60.8 Å². The molecule has 324 valence electrons. The van der Waals surface area contributed by atoms with Crippen LogP contribution in [0.25, 0.3) is 105 Å². The first-order valence-electron chi connectivity index (χ1n) is 23.6. The van der Waals surface area contributed by atoms with Crippen molar-refractivity contribution in [1.82, 2.24) is 4.57 Å². The van der Waals surface area contributed by atoms with Gasteiger partial charge in [-0.15, -0.1) is 0 Å². The second kappa shape index (κ2) is 16.9. The van der Waals surface area contributed by atoms with Gasteiger partial charge in [-0.05, 0) is 123 Å². The van der Waals surface area contributed by atoms with Gasteiger partial charge in [-0.2, -0.15) is 0 Å². The number of aromatic nitrogens is 1. The lowest BCUT2D eigenvalue weighted by Crippen LogP contribution is -2.12. The van der Waals surface area contributed by atoms with Crippen molar-refractivity contribution in [2.24, 2.45) is 0 Å². The monoisotopic (exact) mass is 880 g/mol. The van der Waals surface area contributed by atoms with Crippen molar-refractivity contribution in [3.63, 3.8) is 0 Å². The van der Waals surface area contributed by atoms with Gasteiger partial charge < -0.3 is 13.9 Å². The molecule has 0 radical (unpaired) electrons. The van der Waals surface area contributed by atoms with E-state index in [2.05, 4.69) is 264 Å². The van der Waals surface area contributed by atoms with Crippen LogP contribution in [0, 0.1) is 0 Å². The molecule has 0 saturated heterocycles. The zero-order chi connectivity index (χ0) is 45.7. The van der Waals surface area contributed by atoms with Gasteiger partial charge in [-0.25, -0.2) is 0 Å². The van der Waals surface area contributed by atoms with E-state index in [-0.39, 0.29) is 0 Å². The minimum absolute atomic E-state index is 0.891. The molecule has 2 aromatic heterocycles. The predicted octanol–water partition coefficient (Wildman–Crippen LogP) is 18.5. The number of para-hydroxylation sites is 3. The van der Waals surface area contributed by atoms with E-state index >= 15 is 0 Å². The Kier molecular flexibility index (Phi) is 9.84. The van der Waals surface area contributed by atoms with Crippen LogP contribution in [0.2, 0.25) is 0 Å². The quantitative estimate of drug-likeness (QED) is 0.144. The van der Waals surface area contributed by atoms with Crippen LogP contribution in [0.1, 0.15) is 0 Å². The third-order valence-corrected chi connectivity index (χ3v) is 13.6. The maximum absolute atomic E-state index is 6.26. The van der Waals surface area contributed by atoms with E-state index in [1.165, 1.54) is 21.9 Å². The summed E-state index contributed by atoms with van der Waals surface area (Å²) >= 11 is 0. The van der Waals surface area contributed by atoms with Crippen molar-refractivity contribution < 1.29 is 4.42 Å². The van der Waals surface area contributed by atoms with E-state index in [1.807, 2.05) is 12.1 Å². The highest BCUT2D eigenvalue weighted by molar-refractivity contribution is 6.17. The lowest BCUT2D eigenvalue weighted by Gasteiger charge is -2.30. The summed E-state index contributed by atoms with van der Waals surface area (Å²) < 4.78 is 8.67. The van der Waals surface area contributed by atoms with E-state index < -0.39 is 0 Å². The van der Waals surface area contributed by atoms with Gasteiger partial charge in [-0.3, -0.25) is 0 Å². The lowest BCUT2D eigenvalue weighted by molar-refractivity contribution is 0.669. The topological polar surface area (TPSA) is 21.3 Å². The molecule has 3 nitrogen and oxygen atoms in total. The molecule has 0 N–H and O–H groups in total. The molecule has 0 amide bonds. The number of fused-ring (bicyclic) bond motifs is 6. The fraction of sp³-hybridized carbons (Fsp3) is 0. The van der Waals surface area contributed by atoms with Gasteiger partial charge in [-0.1, -0.05) is 194 Å². The van der Waals surface area contributed by atoms with Crippen LogP contribution in [-0.4, -0.2) is 4.57 Å². The maximum atomic E-state index is 6.26. The second-order valence-corrected chi connectivity index (χ2v) is 17.6. The van der Waals surface area contributed by atoms with Crippen LogP contribution in [0.5, 0.6) is 0 Å². The van der Waals surface area contributed by atoms with Gasteiger partial charge in [0.2, 0.25) is 0 Å². The summed E-state index contributed by atoms with van der Waals surface area (Å²) in [4.78, 5) is 2.50. The Morgan fingerprint density at radius 2 is 0.826 bits per heavy atom. The van der Waals surface area contributed by atoms with Crippen molar-refractivity contribution in [1.29, 1.82) is 0 Å². The fourth-order valence-electron chi connectivity index (χ4n) is 10.5. The van der Waals surface area contributed by atoms with Crippen LogP contribution >= 0.6 is 0 Å². The molecule has 13 rings (SSSR count). The molecule has 13 aromatic rings. The van der Waals surface area contributed by atoms with Gasteiger partial charge in [0.25, 0.3) is 0 Å². The molecule has 0 bridgehead atoms.